The zero-order valence-corrected chi connectivity index (χ0v) is 16.4. The van der Waals surface area contributed by atoms with E-state index in [1.54, 1.807) is 12.2 Å². The second-order valence-electron chi connectivity index (χ2n) is 6.40. The first-order valence-electron chi connectivity index (χ1n) is 9.81. The van der Waals surface area contributed by atoms with Crippen LogP contribution in [0.5, 0.6) is 5.75 Å². The lowest BCUT2D eigenvalue weighted by Crippen LogP contribution is -1.94. The summed E-state index contributed by atoms with van der Waals surface area (Å²) in [6, 6.07) is 16.4. The molecule has 27 heavy (non-hydrogen) atoms. The Morgan fingerprint density at radius 1 is 0.741 bits per heavy atom. The molecule has 0 saturated heterocycles. The van der Waals surface area contributed by atoms with Crippen molar-refractivity contribution in [2.75, 3.05) is 6.61 Å². The third-order valence-electron chi connectivity index (χ3n) is 4.03. The molecule has 138 valence electrons. The summed E-state index contributed by atoms with van der Waals surface area (Å²) in [4.78, 5) is 0. The molecule has 2 aromatic carbocycles. The minimum Gasteiger partial charge on any atom is -0.494 e. The average Bonchev–Trinajstić information content (AvgIpc) is 2.71. The van der Waals surface area contributed by atoms with Crippen LogP contribution < -0.4 is 4.74 Å². The third-order valence-corrected chi connectivity index (χ3v) is 4.03. The number of allylic oxidation sites excluding steroid dienone is 2. The number of unbranched alkanes of at least 4 members (excludes halogenated alkanes) is 2. The van der Waals surface area contributed by atoms with Gasteiger partial charge >= 0.3 is 0 Å². The second kappa shape index (κ2) is 12.5. The molecule has 1 nitrogen and oxygen atoms in total. The van der Waals surface area contributed by atoms with Crippen molar-refractivity contribution >= 4 is 0 Å². The summed E-state index contributed by atoms with van der Waals surface area (Å²) in [5.41, 5.74) is 3.39. The molecule has 0 aliphatic heterocycles. The molecule has 0 N–H and O–H groups in total. The Morgan fingerprint density at radius 2 is 1.33 bits per heavy atom. The van der Waals surface area contributed by atoms with Crippen molar-refractivity contribution in [1.29, 1.82) is 0 Å². The van der Waals surface area contributed by atoms with Crippen LogP contribution in [0.4, 0.5) is 0 Å². The van der Waals surface area contributed by atoms with E-state index in [1.807, 2.05) is 24.3 Å². The van der Waals surface area contributed by atoms with Crippen LogP contribution in [0.3, 0.4) is 0 Å². The van der Waals surface area contributed by atoms with Crippen molar-refractivity contribution in [3.8, 4) is 29.4 Å². The summed E-state index contributed by atoms with van der Waals surface area (Å²) in [6.45, 7) is 5.07. The van der Waals surface area contributed by atoms with E-state index in [2.05, 4.69) is 61.8 Å². The van der Waals surface area contributed by atoms with E-state index in [9.17, 15) is 0 Å². The maximum Gasteiger partial charge on any atom is 0.119 e. The molecule has 2 aromatic rings. The predicted molar refractivity (Wildman–Crippen MR) is 115 cm³/mol. The van der Waals surface area contributed by atoms with Crippen LogP contribution in [-0.4, -0.2) is 6.61 Å². The van der Waals surface area contributed by atoms with Gasteiger partial charge in [0.15, 0.2) is 0 Å². The van der Waals surface area contributed by atoms with Gasteiger partial charge in [-0.3, -0.25) is 0 Å². The molecular weight excluding hydrogens is 328 g/mol. The monoisotopic (exact) mass is 356 g/mol. The molecule has 0 aliphatic carbocycles. The van der Waals surface area contributed by atoms with Gasteiger partial charge in [0.05, 0.1) is 6.61 Å². The highest BCUT2D eigenvalue weighted by molar-refractivity contribution is 5.42. The van der Waals surface area contributed by atoms with Gasteiger partial charge in [0.2, 0.25) is 0 Å². The summed E-state index contributed by atoms with van der Waals surface area (Å²) in [5.74, 6) is 13.2. The quantitative estimate of drug-likeness (QED) is 0.426. The van der Waals surface area contributed by atoms with Gasteiger partial charge in [-0.25, -0.2) is 0 Å². The maximum atomic E-state index is 5.56. The highest BCUT2D eigenvalue weighted by Gasteiger charge is 1.93. The number of rotatable bonds is 7. The Balaban J connectivity index is 1.82. The van der Waals surface area contributed by atoms with Crippen LogP contribution in [-0.2, 0) is 6.42 Å². The van der Waals surface area contributed by atoms with Crippen molar-refractivity contribution in [2.45, 2.75) is 46.0 Å². The lowest BCUT2D eigenvalue weighted by atomic mass is 10.1. The van der Waals surface area contributed by atoms with Crippen LogP contribution in [0.25, 0.3) is 0 Å². The highest BCUT2D eigenvalue weighted by atomic mass is 16.5. The molecular formula is C26H28O. The van der Waals surface area contributed by atoms with Gasteiger partial charge in [-0.15, -0.1) is 0 Å². The Bertz CT molecular complexity index is 818. The number of aryl methyl sites for hydroxylation is 1. The third kappa shape index (κ3) is 8.35. The molecule has 0 aliphatic rings. The average molecular weight is 357 g/mol. The number of hydrogen-bond acceptors (Lipinski definition) is 1. The SMILES string of the molecule is CCCCCc1ccc(C#CC=CC#Cc2ccc(OCCC)cc2)cc1. The Kier molecular flexibility index (Phi) is 9.41. The van der Waals surface area contributed by atoms with Gasteiger partial charge in [0.25, 0.3) is 0 Å². The molecule has 0 unspecified atom stereocenters. The lowest BCUT2D eigenvalue weighted by molar-refractivity contribution is 0.317. The summed E-state index contributed by atoms with van der Waals surface area (Å²) in [6.07, 6.45) is 9.56. The van der Waals surface area contributed by atoms with E-state index in [1.165, 1.54) is 24.8 Å². The smallest absolute Gasteiger partial charge is 0.119 e. The summed E-state index contributed by atoms with van der Waals surface area (Å²) >= 11 is 0. The number of ether oxygens (including phenoxy) is 1. The van der Waals surface area contributed by atoms with Crippen LogP contribution in [0, 0.1) is 23.7 Å². The van der Waals surface area contributed by atoms with Gasteiger partial charge in [-0.1, -0.05) is 62.5 Å². The Hall–Kier alpha value is -2.90. The molecule has 0 heterocycles. The van der Waals surface area contributed by atoms with E-state index in [0.29, 0.717) is 0 Å². The molecule has 0 spiro atoms. The number of benzene rings is 2. The predicted octanol–water partition coefficient (Wildman–Crippen LogP) is 6.17. The minimum absolute atomic E-state index is 0.744. The Morgan fingerprint density at radius 3 is 1.89 bits per heavy atom. The molecule has 0 bridgehead atoms. The zero-order chi connectivity index (χ0) is 19.2. The topological polar surface area (TPSA) is 9.23 Å². The molecule has 2 rings (SSSR count). The van der Waals surface area contributed by atoms with Gasteiger partial charge in [0, 0.05) is 11.1 Å². The molecule has 0 aromatic heterocycles. The van der Waals surface area contributed by atoms with Crippen LogP contribution >= 0.6 is 0 Å². The minimum atomic E-state index is 0.744. The number of hydrogen-bond donors (Lipinski definition) is 0. The van der Waals surface area contributed by atoms with Crippen LogP contribution in [0.15, 0.2) is 60.7 Å². The molecule has 0 radical (unpaired) electrons. The standard InChI is InChI=1S/C26H28O/c1-3-5-8-11-23-14-16-24(17-15-23)12-9-6-7-10-13-25-18-20-26(21-19-25)27-22-4-2/h6-7,14-21H,3-5,8,11,22H2,1-2H3. The fourth-order valence-corrected chi connectivity index (χ4v) is 2.52. The van der Waals surface area contributed by atoms with E-state index in [4.69, 9.17) is 4.74 Å². The van der Waals surface area contributed by atoms with Gasteiger partial charge in [0.1, 0.15) is 5.75 Å². The van der Waals surface area contributed by atoms with Crippen molar-refractivity contribution < 1.29 is 4.74 Å². The van der Waals surface area contributed by atoms with E-state index >= 15 is 0 Å². The summed E-state index contributed by atoms with van der Waals surface area (Å²) in [7, 11) is 0. The highest BCUT2D eigenvalue weighted by Crippen LogP contribution is 2.11. The second-order valence-corrected chi connectivity index (χ2v) is 6.40. The van der Waals surface area contributed by atoms with Gasteiger partial charge in [-0.05, 0) is 73.4 Å². The Labute approximate surface area is 164 Å². The first kappa shape index (κ1) is 20.4. The molecule has 1 heteroatoms. The van der Waals surface area contributed by atoms with Crippen molar-refractivity contribution in [2.24, 2.45) is 0 Å². The first-order chi connectivity index (χ1) is 13.3. The largest absolute Gasteiger partial charge is 0.494 e. The van der Waals surface area contributed by atoms with E-state index in [-0.39, 0.29) is 0 Å². The fourth-order valence-electron chi connectivity index (χ4n) is 2.52. The normalized spacial score (nSPS) is 10.0. The van der Waals surface area contributed by atoms with E-state index < -0.39 is 0 Å². The zero-order valence-electron chi connectivity index (χ0n) is 16.4. The molecule has 0 atom stereocenters. The van der Waals surface area contributed by atoms with Gasteiger partial charge in [-0.2, -0.15) is 0 Å². The summed E-state index contributed by atoms with van der Waals surface area (Å²) in [5, 5.41) is 0. The van der Waals surface area contributed by atoms with E-state index in [0.717, 1.165) is 36.3 Å². The van der Waals surface area contributed by atoms with Crippen LogP contribution in [0.1, 0.15) is 56.2 Å². The lowest BCUT2D eigenvalue weighted by Gasteiger charge is -2.03. The van der Waals surface area contributed by atoms with Crippen LogP contribution in [0.2, 0.25) is 0 Å². The molecule has 0 saturated carbocycles. The van der Waals surface area contributed by atoms with Crippen molar-refractivity contribution in [3.05, 3.63) is 77.4 Å². The molecule has 0 fully saturated rings. The summed E-state index contributed by atoms with van der Waals surface area (Å²) < 4.78 is 5.56. The fraction of sp³-hybridized carbons (Fsp3) is 0.308. The van der Waals surface area contributed by atoms with Crippen molar-refractivity contribution in [3.63, 3.8) is 0 Å². The maximum absolute atomic E-state index is 5.56. The molecule has 0 amide bonds. The van der Waals surface area contributed by atoms with Crippen molar-refractivity contribution in [1.82, 2.24) is 0 Å². The van der Waals surface area contributed by atoms with Gasteiger partial charge < -0.3 is 4.74 Å². The first-order valence-corrected chi connectivity index (χ1v) is 9.81.